The zero-order chi connectivity index (χ0) is 59.4. The van der Waals surface area contributed by atoms with Crippen molar-refractivity contribution in [1.29, 1.82) is 0 Å². The van der Waals surface area contributed by atoms with Gasteiger partial charge in [0.05, 0.1) is 21.6 Å². The maximum atomic E-state index is 14.2. The first-order chi connectivity index (χ1) is 40.9. The highest BCUT2D eigenvalue weighted by Gasteiger charge is 2.40. The summed E-state index contributed by atoms with van der Waals surface area (Å²) in [4.78, 5) is 76.7. The van der Waals surface area contributed by atoms with Crippen LogP contribution in [0, 0.1) is 33.3 Å². The van der Waals surface area contributed by atoms with Gasteiger partial charge in [0, 0.05) is 110 Å². The molecule has 21 heteroatoms. The number of amides is 4. The van der Waals surface area contributed by atoms with Crippen LogP contribution in [0.25, 0.3) is 16.6 Å². The number of rotatable bonds is 18. The molecule has 1 unspecified atom stereocenters. The lowest BCUT2D eigenvalue weighted by Crippen LogP contribution is -2.52. The number of sulfonamides is 1. The van der Waals surface area contributed by atoms with Crippen molar-refractivity contribution >= 4 is 78.9 Å². The molecule has 1 atom stereocenters. The number of ether oxygens (including phenoxy) is 1. The number of aromatic nitrogens is 2. The Balaban J connectivity index is 0.680. The van der Waals surface area contributed by atoms with Crippen molar-refractivity contribution in [3.8, 4) is 23.3 Å². The molecule has 85 heavy (non-hydrogen) atoms. The highest BCUT2D eigenvalue weighted by atomic mass is 35.5. The molecule has 0 radical (unpaired) electrons. The molecule has 4 amide bonds. The van der Waals surface area contributed by atoms with Crippen LogP contribution in [0.5, 0.6) is 11.5 Å². The van der Waals surface area contributed by atoms with Gasteiger partial charge in [-0.1, -0.05) is 61.1 Å². The van der Waals surface area contributed by atoms with E-state index in [-0.39, 0.29) is 53.1 Å². The predicted molar refractivity (Wildman–Crippen MR) is 326 cm³/mol. The average molecular weight is 1190 g/mol. The quantitative estimate of drug-likeness (QED) is 0.0177. The fourth-order valence-electron chi connectivity index (χ4n) is 12.4. The van der Waals surface area contributed by atoms with Gasteiger partial charge in [-0.25, -0.2) is 18.1 Å². The highest BCUT2D eigenvalue weighted by Crippen LogP contribution is 2.44. The number of carbonyl (C=O) groups is 4. The zero-order valence-corrected chi connectivity index (χ0v) is 49.3. The SMILES string of the molecule is CC1(C)CCC(CN2CCN(c3ccc(C(=O)NS(=O)(=O)c4ccc(NCC5CCC(NCCCC#Cc6cccc7c6CN(C6CCC(=O)NC6=O)C7=O)CC5)c([N+](=O)[O-])c4)c(Oc4cnc5[nH]ccc5c4)c3)CC2)=C(c2ccc(Cl)cc2)C1. The monoisotopic (exact) mass is 1190 g/mol. The van der Waals surface area contributed by atoms with Crippen LogP contribution in [0.1, 0.15) is 122 Å². The topological polar surface area (TPSA) is 241 Å². The number of anilines is 2. The molecular formula is C64H69ClN10O9S. The number of unbranched alkanes of at least 4 members (excludes halogenated alkanes) is 1. The number of aromatic amines is 1. The van der Waals surface area contributed by atoms with Gasteiger partial charge in [0.15, 0.2) is 0 Å². The number of piperazine rings is 1. The predicted octanol–water partition coefficient (Wildman–Crippen LogP) is 9.97. The summed E-state index contributed by atoms with van der Waals surface area (Å²) in [5.41, 5.74) is 7.50. The Bertz CT molecular complexity index is 3780. The Morgan fingerprint density at radius 3 is 2.52 bits per heavy atom. The van der Waals surface area contributed by atoms with Crippen molar-refractivity contribution in [1.82, 2.24) is 35.1 Å². The standard InChI is InChI=1S/C64H69ClN10O9S/c1-64(2)26-24-45(53(36-64)43-12-14-46(65)15-13-43)39-72-29-31-73(32-30-72)48-18-20-52(58(34-48)84-49-33-44-25-28-67-60(44)69-38-49)61(77)71-85(82,83)50-19-21-55(57(35-50)75(80)81)68-37-41-10-16-47(17-11-41)66-27-5-3-4-7-42-8-6-9-51-54(42)40-74(63(51)79)56-22-23-59(76)70-62(56)78/h6,8-9,12-15,18-21,25,28,33-35,38,41,47,56,66,68H,3,5,10-11,16-17,22-24,26-27,29-32,36-37,39-40H2,1-2H3,(H,67,69)(H,71,77)(H,70,76,78). The van der Waals surface area contributed by atoms with E-state index in [1.54, 1.807) is 42.6 Å². The van der Waals surface area contributed by atoms with Crippen LogP contribution in [0.3, 0.4) is 0 Å². The number of piperidine rings is 1. The van der Waals surface area contributed by atoms with E-state index in [1.807, 2.05) is 24.3 Å². The molecule has 2 saturated heterocycles. The Morgan fingerprint density at radius 1 is 0.941 bits per heavy atom. The summed E-state index contributed by atoms with van der Waals surface area (Å²) in [5.74, 6) is 5.19. The van der Waals surface area contributed by atoms with Gasteiger partial charge >= 0.3 is 0 Å². The van der Waals surface area contributed by atoms with Crippen molar-refractivity contribution < 1.29 is 37.3 Å². The fraction of sp³-hybridized carbons (Fsp3) is 0.391. The van der Waals surface area contributed by atoms with E-state index >= 15 is 0 Å². The molecule has 4 aromatic carbocycles. The minimum Gasteiger partial charge on any atom is -0.455 e. The molecule has 3 aliphatic heterocycles. The van der Waals surface area contributed by atoms with Gasteiger partial charge in [0.1, 0.15) is 28.9 Å². The molecule has 0 bridgehead atoms. The Kier molecular flexibility index (Phi) is 17.4. The van der Waals surface area contributed by atoms with E-state index < -0.39 is 43.4 Å². The third kappa shape index (κ3) is 13.7. The van der Waals surface area contributed by atoms with E-state index in [2.05, 4.69) is 78.3 Å². The third-order valence-electron chi connectivity index (χ3n) is 17.2. The lowest BCUT2D eigenvalue weighted by molar-refractivity contribution is -0.384. The third-order valence-corrected chi connectivity index (χ3v) is 18.8. The molecule has 1 saturated carbocycles. The number of hydrogen-bond acceptors (Lipinski definition) is 14. The van der Waals surface area contributed by atoms with Gasteiger partial charge in [0.2, 0.25) is 11.8 Å². The number of fused-ring (bicyclic) bond motifs is 2. The molecule has 6 aromatic rings. The van der Waals surface area contributed by atoms with E-state index in [1.165, 1.54) is 39.9 Å². The first-order valence-corrected chi connectivity index (χ1v) is 31.1. The molecule has 3 fully saturated rings. The summed E-state index contributed by atoms with van der Waals surface area (Å²) in [5, 5.41) is 23.1. The summed E-state index contributed by atoms with van der Waals surface area (Å²) in [7, 11) is -4.63. The number of nitro benzene ring substituents is 1. The number of H-pyrrole nitrogens is 1. The Labute approximate surface area is 499 Å². The van der Waals surface area contributed by atoms with Crippen molar-refractivity contribution in [2.75, 3.05) is 56.0 Å². The molecule has 11 rings (SSSR count). The molecule has 0 spiro atoms. The van der Waals surface area contributed by atoms with Crippen LogP contribution >= 0.6 is 11.6 Å². The van der Waals surface area contributed by atoms with Gasteiger partial charge in [-0.15, -0.1) is 0 Å². The first-order valence-electron chi connectivity index (χ1n) is 29.2. The fourth-order valence-corrected chi connectivity index (χ4v) is 13.5. The molecule has 2 aromatic heterocycles. The van der Waals surface area contributed by atoms with Gasteiger partial charge in [-0.2, -0.15) is 0 Å². The number of benzene rings is 4. The van der Waals surface area contributed by atoms with Crippen LogP contribution in [-0.2, 0) is 26.2 Å². The van der Waals surface area contributed by atoms with Crippen molar-refractivity contribution in [2.24, 2.45) is 11.3 Å². The van der Waals surface area contributed by atoms with Crippen LogP contribution in [-0.4, -0.2) is 115 Å². The number of imide groups is 1. The molecule has 442 valence electrons. The summed E-state index contributed by atoms with van der Waals surface area (Å²) >= 11 is 6.27. The average Bonchev–Trinajstić information content (AvgIpc) is 2.99. The molecular weight excluding hydrogens is 1120 g/mol. The minimum absolute atomic E-state index is 0.0557. The second-order valence-electron chi connectivity index (χ2n) is 23.6. The van der Waals surface area contributed by atoms with Crippen LogP contribution in [0.4, 0.5) is 17.1 Å². The second-order valence-corrected chi connectivity index (χ2v) is 25.7. The van der Waals surface area contributed by atoms with Crippen molar-refractivity contribution in [3.63, 3.8) is 0 Å². The number of pyridine rings is 1. The zero-order valence-electron chi connectivity index (χ0n) is 47.7. The lowest BCUT2D eigenvalue weighted by Gasteiger charge is -2.39. The maximum absolute atomic E-state index is 14.2. The van der Waals surface area contributed by atoms with E-state index in [0.29, 0.717) is 55.5 Å². The minimum atomic E-state index is -4.63. The first kappa shape index (κ1) is 58.7. The van der Waals surface area contributed by atoms with E-state index in [9.17, 15) is 37.7 Å². The smallest absolute Gasteiger partial charge is 0.293 e. The largest absolute Gasteiger partial charge is 0.455 e. The Morgan fingerprint density at radius 2 is 1.74 bits per heavy atom. The summed E-state index contributed by atoms with van der Waals surface area (Å²) in [6, 6.07) is 25.5. The van der Waals surface area contributed by atoms with Gasteiger partial charge in [-0.05, 0) is 153 Å². The number of hydrogen-bond donors (Lipinski definition) is 5. The number of nitrogens with one attached hydrogen (secondary N) is 5. The van der Waals surface area contributed by atoms with Crippen LogP contribution in [0.2, 0.25) is 5.02 Å². The van der Waals surface area contributed by atoms with Gasteiger partial charge in [-0.3, -0.25) is 39.5 Å². The van der Waals surface area contributed by atoms with E-state index in [4.69, 9.17) is 16.3 Å². The van der Waals surface area contributed by atoms with Crippen LogP contribution in [0.15, 0.2) is 114 Å². The summed E-state index contributed by atoms with van der Waals surface area (Å²) < 4.78 is 36.5. The molecule has 2 aliphatic carbocycles. The Hall–Kier alpha value is -8.09. The van der Waals surface area contributed by atoms with Gasteiger partial charge < -0.3 is 30.2 Å². The highest BCUT2D eigenvalue weighted by molar-refractivity contribution is 7.90. The number of nitrogens with zero attached hydrogens (tertiary/aromatic N) is 5. The van der Waals surface area contributed by atoms with E-state index in [0.717, 1.165) is 111 Å². The molecule has 5 aliphatic rings. The lowest BCUT2D eigenvalue weighted by atomic mass is 9.72. The summed E-state index contributed by atoms with van der Waals surface area (Å²) in [6.07, 6.45) is 12.0. The van der Waals surface area contributed by atoms with Gasteiger partial charge in [0.25, 0.3) is 27.5 Å². The molecule has 5 heterocycles. The summed E-state index contributed by atoms with van der Waals surface area (Å²) in [6.45, 7) is 10.0. The van der Waals surface area contributed by atoms with Crippen molar-refractivity contribution in [3.05, 3.63) is 152 Å². The van der Waals surface area contributed by atoms with Crippen molar-refractivity contribution in [2.45, 2.75) is 108 Å². The maximum Gasteiger partial charge on any atom is 0.293 e. The normalized spacial score (nSPS) is 19.9. The molecule has 19 nitrogen and oxygen atoms in total. The number of halogens is 1. The number of nitro groups is 1. The second kappa shape index (κ2) is 25.2. The van der Waals surface area contributed by atoms with Crippen LogP contribution < -0.4 is 30.3 Å². The number of carbonyl (C=O) groups excluding carboxylic acids is 4. The number of allylic oxidation sites excluding steroid dienone is 1. The molecule has 5 N–H and O–H groups in total.